The van der Waals surface area contributed by atoms with Gasteiger partial charge in [0.1, 0.15) is 5.82 Å². The minimum absolute atomic E-state index is 0.0475. The topological polar surface area (TPSA) is 87.5 Å². The largest absolute Gasteiger partial charge is 0.352 e. The van der Waals surface area contributed by atoms with E-state index in [4.69, 9.17) is 0 Å². The Morgan fingerprint density at radius 2 is 1.83 bits per heavy atom. The van der Waals surface area contributed by atoms with Crippen molar-refractivity contribution in [2.24, 2.45) is 24.8 Å². The molecule has 2 saturated heterocycles. The van der Waals surface area contributed by atoms with E-state index in [0.717, 1.165) is 19.6 Å². The number of hydrogen-bond acceptors (Lipinski definition) is 5. The summed E-state index contributed by atoms with van der Waals surface area (Å²) in [6.45, 7) is 12.2. The molecule has 2 fully saturated rings. The molecular formula is C21H37N5O3S. The van der Waals surface area contributed by atoms with E-state index in [0.29, 0.717) is 43.6 Å². The summed E-state index contributed by atoms with van der Waals surface area (Å²) in [4.78, 5) is 19.4. The Kier molecular flexibility index (Phi) is 7.24. The van der Waals surface area contributed by atoms with Crippen LogP contribution in [0.25, 0.3) is 0 Å². The Hall–Kier alpha value is -1.45. The summed E-state index contributed by atoms with van der Waals surface area (Å²) in [5.41, 5.74) is 0. The first-order chi connectivity index (χ1) is 14.1. The number of hydrogen-bond donors (Lipinski definition) is 1. The van der Waals surface area contributed by atoms with Crippen molar-refractivity contribution in [2.45, 2.75) is 58.0 Å². The van der Waals surface area contributed by atoms with Crippen molar-refractivity contribution >= 4 is 15.9 Å². The van der Waals surface area contributed by atoms with Crippen molar-refractivity contribution in [1.82, 2.24) is 24.1 Å². The third-order valence-electron chi connectivity index (χ3n) is 6.38. The van der Waals surface area contributed by atoms with Gasteiger partial charge >= 0.3 is 0 Å². The van der Waals surface area contributed by atoms with Crippen molar-refractivity contribution in [1.29, 1.82) is 0 Å². The number of piperidine rings is 2. The zero-order valence-corrected chi connectivity index (χ0v) is 19.8. The maximum atomic E-state index is 12.8. The van der Waals surface area contributed by atoms with Gasteiger partial charge in [-0.15, -0.1) is 0 Å². The fourth-order valence-electron chi connectivity index (χ4n) is 4.88. The van der Waals surface area contributed by atoms with Crippen LogP contribution in [0.4, 0.5) is 0 Å². The van der Waals surface area contributed by atoms with Gasteiger partial charge in [0.2, 0.25) is 5.91 Å². The molecule has 0 spiro atoms. The van der Waals surface area contributed by atoms with Crippen LogP contribution in [0.5, 0.6) is 0 Å². The van der Waals surface area contributed by atoms with E-state index in [1.807, 2.05) is 0 Å². The smallest absolute Gasteiger partial charge is 0.262 e. The number of rotatable bonds is 6. The molecule has 8 nitrogen and oxygen atoms in total. The summed E-state index contributed by atoms with van der Waals surface area (Å²) in [5, 5.41) is 3.25. The maximum Gasteiger partial charge on any atom is 0.262 e. The number of amides is 1. The molecule has 170 valence electrons. The number of imidazole rings is 1. The molecule has 9 heteroatoms. The van der Waals surface area contributed by atoms with E-state index < -0.39 is 10.0 Å². The lowest BCUT2D eigenvalue weighted by Crippen LogP contribution is -2.49. The van der Waals surface area contributed by atoms with Crippen molar-refractivity contribution in [2.75, 3.05) is 32.7 Å². The molecule has 1 aromatic heterocycles. The number of aryl methyl sites for hydroxylation is 2. The quantitative estimate of drug-likeness (QED) is 0.728. The molecule has 0 saturated carbocycles. The van der Waals surface area contributed by atoms with Gasteiger partial charge in [0, 0.05) is 57.9 Å². The molecule has 3 rings (SSSR count). The zero-order chi connectivity index (χ0) is 22.1. The van der Waals surface area contributed by atoms with Gasteiger partial charge < -0.3 is 14.8 Å². The number of carbonyl (C=O) groups is 1. The highest BCUT2D eigenvalue weighted by Crippen LogP contribution is 2.24. The maximum absolute atomic E-state index is 12.8. The Labute approximate surface area is 181 Å². The van der Waals surface area contributed by atoms with Gasteiger partial charge in [-0.3, -0.25) is 4.79 Å². The van der Waals surface area contributed by atoms with E-state index in [9.17, 15) is 13.2 Å². The fraction of sp³-hybridized carbons (Fsp3) is 0.810. The third kappa shape index (κ3) is 5.42. The minimum atomic E-state index is -3.60. The second kappa shape index (κ2) is 9.36. The van der Waals surface area contributed by atoms with Crippen LogP contribution in [0, 0.1) is 24.7 Å². The van der Waals surface area contributed by atoms with E-state index in [1.54, 1.807) is 24.7 Å². The first-order valence-electron chi connectivity index (χ1n) is 11.1. The van der Waals surface area contributed by atoms with Gasteiger partial charge in [0.05, 0.1) is 0 Å². The van der Waals surface area contributed by atoms with Crippen LogP contribution in [-0.2, 0) is 21.9 Å². The van der Waals surface area contributed by atoms with Crippen molar-refractivity contribution in [3.8, 4) is 0 Å². The second-order valence-electron chi connectivity index (χ2n) is 9.49. The highest BCUT2D eigenvalue weighted by atomic mass is 32.2. The van der Waals surface area contributed by atoms with Crippen molar-refractivity contribution in [3.05, 3.63) is 12.0 Å². The van der Waals surface area contributed by atoms with Crippen molar-refractivity contribution < 1.29 is 13.2 Å². The second-order valence-corrected chi connectivity index (χ2v) is 11.4. The fourth-order valence-corrected chi connectivity index (χ4v) is 6.37. The highest BCUT2D eigenvalue weighted by Gasteiger charge is 2.34. The first-order valence-corrected chi connectivity index (χ1v) is 12.5. The predicted octanol–water partition coefficient (Wildman–Crippen LogP) is 1.61. The zero-order valence-electron chi connectivity index (χ0n) is 19.0. The summed E-state index contributed by atoms with van der Waals surface area (Å²) in [5.74, 6) is 1.97. The number of likely N-dealkylation sites (tertiary alicyclic amines) is 1. The Balaban J connectivity index is 1.49. The Morgan fingerprint density at radius 1 is 1.23 bits per heavy atom. The van der Waals surface area contributed by atoms with Crippen LogP contribution >= 0.6 is 0 Å². The molecule has 3 heterocycles. The van der Waals surface area contributed by atoms with Crippen LogP contribution in [0.15, 0.2) is 11.2 Å². The lowest BCUT2D eigenvalue weighted by atomic mass is 9.91. The molecule has 0 bridgehead atoms. The predicted molar refractivity (Wildman–Crippen MR) is 116 cm³/mol. The molecule has 0 aromatic carbocycles. The summed E-state index contributed by atoms with van der Waals surface area (Å²) in [6, 6.07) is 0.0910. The van der Waals surface area contributed by atoms with Gasteiger partial charge in [-0.1, -0.05) is 13.8 Å². The Bertz CT molecular complexity index is 815. The molecule has 0 aliphatic carbocycles. The normalized spacial score (nSPS) is 25.9. The summed E-state index contributed by atoms with van der Waals surface area (Å²) in [6.07, 6.45) is 3.91. The molecule has 2 aliphatic heterocycles. The van der Waals surface area contributed by atoms with E-state index >= 15 is 0 Å². The third-order valence-corrected chi connectivity index (χ3v) is 8.15. The van der Waals surface area contributed by atoms with Crippen LogP contribution in [0.1, 0.15) is 45.9 Å². The van der Waals surface area contributed by atoms with E-state index in [2.05, 4.69) is 36.0 Å². The van der Waals surface area contributed by atoms with Crippen LogP contribution in [-0.4, -0.2) is 71.8 Å². The SMILES string of the molecule is Cc1nc(S(=O)(=O)N2CCC(C(=O)NC(C)CN3CC(C)CC(C)C3)CC2)cn1C. The highest BCUT2D eigenvalue weighted by molar-refractivity contribution is 7.89. The molecular weight excluding hydrogens is 402 g/mol. The molecule has 3 atom stereocenters. The number of nitrogens with zero attached hydrogens (tertiary/aromatic N) is 4. The molecule has 3 unspecified atom stereocenters. The number of sulfonamides is 1. The molecule has 1 aromatic rings. The van der Waals surface area contributed by atoms with E-state index in [1.165, 1.54) is 10.7 Å². The monoisotopic (exact) mass is 439 g/mol. The van der Waals surface area contributed by atoms with E-state index in [-0.39, 0.29) is 22.9 Å². The summed E-state index contributed by atoms with van der Waals surface area (Å²) in [7, 11) is -1.82. The molecule has 30 heavy (non-hydrogen) atoms. The van der Waals surface area contributed by atoms with Crippen LogP contribution < -0.4 is 5.32 Å². The van der Waals surface area contributed by atoms with Crippen LogP contribution in [0.3, 0.4) is 0 Å². The first kappa shape index (κ1) is 23.2. The number of aromatic nitrogens is 2. The minimum Gasteiger partial charge on any atom is -0.352 e. The van der Waals surface area contributed by atoms with Gasteiger partial charge in [-0.2, -0.15) is 4.31 Å². The molecule has 1 N–H and O–H groups in total. The van der Waals surface area contributed by atoms with Crippen molar-refractivity contribution in [3.63, 3.8) is 0 Å². The summed E-state index contributed by atoms with van der Waals surface area (Å²) < 4.78 is 28.8. The lowest BCUT2D eigenvalue weighted by molar-refractivity contribution is -0.126. The van der Waals surface area contributed by atoms with Crippen LogP contribution in [0.2, 0.25) is 0 Å². The van der Waals surface area contributed by atoms with Gasteiger partial charge in [0.25, 0.3) is 10.0 Å². The lowest BCUT2D eigenvalue weighted by Gasteiger charge is -2.37. The average Bonchev–Trinajstić information content (AvgIpc) is 3.00. The molecule has 2 aliphatic rings. The van der Waals surface area contributed by atoms with Gasteiger partial charge in [0.15, 0.2) is 5.03 Å². The number of carbonyl (C=O) groups excluding carboxylic acids is 1. The summed E-state index contributed by atoms with van der Waals surface area (Å²) >= 11 is 0. The van der Waals surface area contributed by atoms with Gasteiger partial charge in [-0.25, -0.2) is 13.4 Å². The standard InChI is InChI=1S/C21H37N5O3S/c1-15-10-16(2)12-25(11-15)13-17(3)22-21(27)19-6-8-26(9-7-19)30(28,29)20-14-24(5)18(4)23-20/h14-17,19H,6-13H2,1-5H3,(H,22,27). The molecule has 0 radical (unpaired) electrons. The van der Waals surface area contributed by atoms with Gasteiger partial charge in [-0.05, 0) is 44.9 Å². The average molecular weight is 440 g/mol. The number of nitrogens with one attached hydrogen (secondary N) is 1. The Morgan fingerprint density at radius 3 is 2.37 bits per heavy atom. The molecule has 1 amide bonds.